The molecule has 2 aromatic carbocycles. The van der Waals surface area contributed by atoms with Crippen LogP contribution in [0.5, 0.6) is 0 Å². The minimum absolute atomic E-state index is 0.780. The minimum Gasteiger partial charge on any atom is -0.373 e. The largest absolute Gasteiger partial charge is 0.536 e. The van der Waals surface area contributed by atoms with Gasteiger partial charge in [-0.05, 0) is 36.4 Å². The van der Waals surface area contributed by atoms with Gasteiger partial charge in [-0.1, -0.05) is 35.8 Å². The van der Waals surface area contributed by atoms with E-state index >= 15 is 0 Å². The van der Waals surface area contributed by atoms with E-state index in [9.17, 15) is 0 Å². The standard InChI is InChI=1S/C23H20N2O3Si/c1-26-29(27-2,28-3)23-14-12-21(13-15-23)9-8-19-4-6-20(7-5-19)10-11-22-16-24-18-25-17-22/h4-7,12-18H,1-3H3. The van der Waals surface area contributed by atoms with E-state index in [4.69, 9.17) is 13.3 Å². The van der Waals surface area contributed by atoms with E-state index in [0.29, 0.717) is 0 Å². The van der Waals surface area contributed by atoms with Crippen LogP contribution >= 0.6 is 0 Å². The number of rotatable bonds is 4. The maximum Gasteiger partial charge on any atom is 0.536 e. The second-order valence-electron chi connectivity index (χ2n) is 5.95. The molecule has 0 spiro atoms. The van der Waals surface area contributed by atoms with Gasteiger partial charge in [-0.15, -0.1) is 0 Å². The van der Waals surface area contributed by atoms with Crippen LogP contribution in [0.15, 0.2) is 67.3 Å². The lowest BCUT2D eigenvalue weighted by molar-refractivity contribution is 0.140. The molecule has 144 valence electrons. The normalized spacial score (nSPS) is 10.4. The van der Waals surface area contributed by atoms with Gasteiger partial charge in [0.05, 0.1) is 5.56 Å². The topological polar surface area (TPSA) is 53.5 Å². The van der Waals surface area contributed by atoms with Crippen molar-refractivity contribution < 1.29 is 13.3 Å². The van der Waals surface area contributed by atoms with E-state index in [2.05, 4.69) is 33.6 Å². The van der Waals surface area contributed by atoms with Crippen LogP contribution in [0.25, 0.3) is 0 Å². The molecule has 0 bridgehead atoms. The molecule has 6 heteroatoms. The first-order valence-electron chi connectivity index (χ1n) is 8.84. The third-order valence-corrected chi connectivity index (χ3v) is 6.85. The van der Waals surface area contributed by atoms with Gasteiger partial charge in [0.15, 0.2) is 0 Å². The highest BCUT2D eigenvalue weighted by Crippen LogP contribution is 2.08. The lowest BCUT2D eigenvalue weighted by atomic mass is 10.1. The first-order valence-corrected chi connectivity index (χ1v) is 10.6. The number of benzene rings is 2. The summed E-state index contributed by atoms with van der Waals surface area (Å²) in [7, 11) is 1.96. The summed E-state index contributed by atoms with van der Waals surface area (Å²) in [5.41, 5.74) is 3.50. The molecule has 0 radical (unpaired) electrons. The highest BCUT2D eigenvalue weighted by atomic mass is 28.4. The van der Waals surface area contributed by atoms with Crippen LogP contribution in [-0.4, -0.2) is 40.1 Å². The van der Waals surface area contributed by atoms with Crippen LogP contribution in [0.2, 0.25) is 0 Å². The summed E-state index contributed by atoms with van der Waals surface area (Å²) >= 11 is 0. The fraction of sp³-hybridized carbons (Fsp3) is 0.130. The second kappa shape index (κ2) is 9.79. The molecule has 0 atom stereocenters. The summed E-state index contributed by atoms with van der Waals surface area (Å²) in [6.07, 6.45) is 4.85. The summed E-state index contributed by atoms with van der Waals surface area (Å²) in [4.78, 5) is 7.89. The van der Waals surface area contributed by atoms with Gasteiger partial charge in [-0.25, -0.2) is 9.97 Å². The number of hydrogen-bond acceptors (Lipinski definition) is 5. The molecule has 3 aromatic rings. The number of hydrogen-bond donors (Lipinski definition) is 0. The van der Waals surface area contributed by atoms with Crippen LogP contribution in [0.4, 0.5) is 0 Å². The lowest BCUT2D eigenvalue weighted by Crippen LogP contribution is -2.54. The predicted molar refractivity (Wildman–Crippen MR) is 113 cm³/mol. The van der Waals surface area contributed by atoms with Crippen LogP contribution in [0, 0.1) is 23.7 Å². The van der Waals surface area contributed by atoms with E-state index in [1.807, 2.05) is 48.5 Å². The Morgan fingerprint density at radius 3 is 1.38 bits per heavy atom. The highest BCUT2D eigenvalue weighted by molar-refractivity contribution is 6.75. The molecule has 3 rings (SSSR count). The summed E-state index contributed by atoms with van der Waals surface area (Å²) in [5.74, 6) is 12.4. The SMILES string of the molecule is CO[Si](OC)(OC)c1ccc(C#Cc2ccc(C#Cc3cncnc3)cc2)cc1. The molecule has 0 saturated carbocycles. The molecule has 0 unspecified atom stereocenters. The van der Waals surface area contributed by atoms with Crippen molar-refractivity contribution >= 4 is 14.0 Å². The third kappa shape index (κ3) is 5.17. The van der Waals surface area contributed by atoms with E-state index in [1.54, 1.807) is 33.7 Å². The molecule has 0 fully saturated rings. The Morgan fingerprint density at radius 2 is 0.966 bits per heavy atom. The zero-order valence-corrected chi connectivity index (χ0v) is 17.5. The minimum atomic E-state index is -2.81. The van der Waals surface area contributed by atoms with Gasteiger partial charge in [0.2, 0.25) is 0 Å². The van der Waals surface area contributed by atoms with Crippen LogP contribution in [0.3, 0.4) is 0 Å². The Labute approximate surface area is 172 Å². The van der Waals surface area contributed by atoms with Crippen molar-refractivity contribution in [2.75, 3.05) is 21.3 Å². The van der Waals surface area contributed by atoms with Crippen molar-refractivity contribution in [2.24, 2.45) is 0 Å². The zero-order valence-electron chi connectivity index (χ0n) is 16.5. The molecular formula is C23H20N2O3Si. The fourth-order valence-corrected chi connectivity index (χ4v) is 4.43. The molecule has 0 aliphatic carbocycles. The quantitative estimate of drug-likeness (QED) is 0.497. The molecule has 29 heavy (non-hydrogen) atoms. The van der Waals surface area contributed by atoms with E-state index in [-0.39, 0.29) is 0 Å². The van der Waals surface area contributed by atoms with Crippen molar-refractivity contribution in [3.8, 4) is 23.7 Å². The average Bonchev–Trinajstić information content (AvgIpc) is 2.80. The van der Waals surface area contributed by atoms with E-state index in [1.165, 1.54) is 6.33 Å². The molecule has 0 saturated heterocycles. The fourth-order valence-electron chi connectivity index (χ4n) is 2.65. The van der Waals surface area contributed by atoms with E-state index in [0.717, 1.165) is 27.4 Å². The molecule has 1 heterocycles. The highest BCUT2D eigenvalue weighted by Gasteiger charge is 2.40. The number of aromatic nitrogens is 2. The third-order valence-electron chi connectivity index (χ3n) is 4.19. The molecule has 0 N–H and O–H groups in total. The first kappa shape index (κ1) is 20.5. The van der Waals surface area contributed by atoms with Crippen LogP contribution in [-0.2, 0) is 13.3 Å². The lowest BCUT2D eigenvalue weighted by Gasteiger charge is -2.24. The average molecular weight is 401 g/mol. The Morgan fingerprint density at radius 1 is 0.586 bits per heavy atom. The van der Waals surface area contributed by atoms with Crippen LogP contribution < -0.4 is 5.19 Å². The Hall–Kier alpha value is -3.26. The maximum absolute atomic E-state index is 5.49. The molecule has 0 amide bonds. The second-order valence-corrected chi connectivity index (χ2v) is 8.86. The smallest absolute Gasteiger partial charge is 0.373 e. The monoisotopic (exact) mass is 400 g/mol. The zero-order chi connectivity index (χ0) is 20.5. The maximum atomic E-state index is 5.49. The van der Waals surface area contributed by atoms with Gasteiger partial charge in [0.1, 0.15) is 6.33 Å². The molecule has 0 aliphatic rings. The van der Waals surface area contributed by atoms with Gasteiger partial charge in [0.25, 0.3) is 0 Å². The van der Waals surface area contributed by atoms with Gasteiger partial charge in [-0.2, -0.15) is 0 Å². The Bertz CT molecular complexity index is 1050. The molecular weight excluding hydrogens is 380 g/mol. The first-order chi connectivity index (χ1) is 14.2. The molecule has 5 nitrogen and oxygen atoms in total. The van der Waals surface area contributed by atoms with Gasteiger partial charge < -0.3 is 13.3 Å². The van der Waals surface area contributed by atoms with Crippen LogP contribution in [0.1, 0.15) is 22.3 Å². The predicted octanol–water partition coefficient (Wildman–Crippen LogP) is 2.36. The van der Waals surface area contributed by atoms with Crippen molar-refractivity contribution in [2.45, 2.75) is 0 Å². The Balaban J connectivity index is 1.71. The van der Waals surface area contributed by atoms with Gasteiger partial charge in [-0.3, -0.25) is 0 Å². The summed E-state index contributed by atoms with van der Waals surface area (Å²) in [5, 5.41) is 0.891. The Kier molecular flexibility index (Phi) is 6.91. The summed E-state index contributed by atoms with van der Waals surface area (Å²) in [6, 6.07) is 15.5. The van der Waals surface area contributed by atoms with Crippen molar-refractivity contribution in [1.29, 1.82) is 0 Å². The molecule has 0 aliphatic heterocycles. The van der Waals surface area contributed by atoms with Crippen molar-refractivity contribution in [1.82, 2.24) is 9.97 Å². The van der Waals surface area contributed by atoms with E-state index < -0.39 is 8.80 Å². The van der Waals surface area contributed by atoms with Gasteiger partial charge >= 0.3 is 8.80 Å². The van der Waals surface area contributed by atoms with Crippen molar-refractivity contribution in [3.63, 3.8) is 0 Å². The summed E-state index contributed by atoms with van der Waals surface area (Å²) in [6.45, 7) is 0. The molecule has 1 aromatic heterocycles. The van der Waals surface area contributed by atoms with Crippen molar-refractivity contribution in [3.05, 3.63) is 89.5 Å². The number of nitrogens with zero attached hydrogens (tertiary/aromatic N) is 2. The summed E-state index contributed by atoms with van der Waals surface area (Å²) < 4.78 is 16.5. The van der Waals surface area contributed by atoms with Gasteiger partial charge in [0, 0.05) is 55.6 Å².